The Hall–Kier alpha value is -0.830. The normalized spacial score (nSPS) is 11.9. The maximum atomic E-state index is 10.8. The van der Waals surface area contributed by atoms with Crippen molar-refractivity contribution in [3.63, 3.8) is 0 Å². The number of rotatable bonds is 3. The highest BCUT2D eigenvalue weighted by atomic mass is 31.2. The van der Waals surface area contributed by atoms with Gasteiger partial charge in [-0.2, -0.15) is 0 Å². The molecule has 1 aromatic rings. The molecule has 2 N–H and O–H groups in total. The van der Waals surface area contributed by atoms with Crippen molar-refractivity contribution in [1.29, 1.82) is 0 Å². The Bertz CT molecular complexity index is 394. The molecule has 0 aliphatic carbocycles. The molecule has 0 spiro atoms. The first-order chi connectivity index (χ1) is 6.79. The molecule has 0 aliphatic heterocycles. The fourth-order valence-electron chi connectivity index (χ4n) is 1.33. The second-order valence-electron chi connectivity index (χ2n) is 3.78. The van der Waals surface area contributed by atoms with Crippen LogP contribution in [0.25, 0.3) is 0 Å². The quantitative estimate of drug-likeness (QED) is 0.783. The van der Waals surface area contributed by atoms with E-state index in [0.29, 0.717) is 0 Å². The highest BCUT2D eigenvalue weighted by Crippen LogP contribution is 2.41. The van der Waals surface area contributed by atoms with Crippen molar-refractivity contribution in [2.75, 3.05) is 0 Å². The molecule has 1 rings (SSSR count). The maximum absolute atomic E-state index is 10.8. The first-order valence-corrected chi connectivity index (χ1v) is 6.18. The van der Waals surface area contributed by atoms with Crippen LogP contribution in [0.4, 0.5) is 0 Å². The van der Waals surface area contributed by atoms with Crippen molar-refractivity contribution in [1.82, 2.24) is 0 Å². The van der Waals surface area contributed by atoms with Gasteiger partial charge in [-0.15, -0.1) is 0 Å². The summed E-state index contributed by atoms with van der Waals surface area (Å²) >= 11 is 0. The van der Waals surface area contributed by atoms with Crippen LogP contribution in [-0.2, 0) is 4.57 Å². The Morgan fingerprint density at radius 1 is 1.33 bits per heavy atom. The van der Waals surface area contributed by atoms with Gasteiger partial charge in [0, 0.05) is 0 Å². The first-order valence-electron chi connectivity index (χ1n) is 4.65. The molecule has 84 valence electrons. The lowest BCUT2D eigenvalue weighted by Crippen LogP contribution is -1.97. The third-order valence-corrected chi connectivity index (χ3v) is 2.44. The molecule has 0 radical (unpaired) electrons. The summed E-state index contributed by atoms with van der Waals surface area (Å²) in [4.78, 5) is 17.5. The van der Waals surface area contributed by atoms with Crippen LogP contribution < -0.4 is 4.52 Å². The second kappa shape index (κ2) is 4.35. The van der Waals surface area contributed by atoms with Crippen molar-refractivity contribution >= 4 is 7.82 Å². The van der Waals surface area contributed by atoms with E-state index in [9.17, 15) is 4.57 Å². The minimum atomic E-state index is -4.47. The van der Waals surface area contributed by atoms with Crippen LogP contribution in [-0.4, -0.2) is 9.79 Å². The van der Waals surface area contributed by atoms with E-state index in [1.807, 2.05) is 32.9 Å². The molecule has 1 aromatic carbocycles. The minimum Gasteiger partial charge on any atom is -0.404 e. The van der Waals surface area contributed by atoms with Gasteiger partial charge in [0.2, 0.25) is 0 Å². The molecule has 4 nitrogen and oxygen atoms in total. The highest BCUT2D eigenvalue weighted by Gasteiger charge is 2.19. The van der Waals surface area contributed by atoms with E-state index < -0.39 is 7.82 Å². The Labute approximate surface area is 89.1 Å². The Morgan fingerprint density at radius 3 is 2.40 bits per heavy atom. The van der Waals surface area contributed by atoms with Gasteiger partial charge in [-0.3, -0.25) is 9.79 Å². The van der Waals surface area contributed by atoms with Gasteiger partial charge >= 0.3 is 7.82 Å². The molecule has 0 bridgehead atoms. The van der Waals surface area contributed by atoms with E-state index in [1.165, 1.54) is 0 Å². The molecule has 0 heterocycles. The van der Waals surface area contributed by atoms with Crippen LogP contribution in [0.15, 0.2) is 18.2 Å². The third-order valence-electron chi connectivity index (χ3n) is 2.01. The second-order valence-corrected chi connectivity index (χ2v) is 4.94. The molecule has 0 aromatic heterocycles. The van der Waals surface area contributed by atoms with Crippen molar-refractivity contribution in [3.05, 3.63) is 29.3 Å². The predicted molar refractivity (Wildman–Crippen MR) is 57.9 cm³/mol. The van der Waals surface area contributed by atoms with E-state index in [-0.39, 0.29) is 11.7 Å². The molecule has 0 saturated heterocycles. The van der Waals surface area contributed by atoms with E-state index in [0.717, 1.165) is 11.1 Å². The van der Waals surface area contributed by atoms with Gasteiger partial charge in [0.15, 0.2) is 0 Å². The number of benzene rings is 1. The fraction of sp³-hybridized carbons (Fsp3) is 0.400. The summed E-state index contributed by atoms with van der Waals surface area (Å²) in [6.07, 6.45) is 0. The van der Waals surface area contributed by atoms with E-state index in [4.69, 9.17) is 9.79 Å². The van der Waals surface area contributed by atoms with Crippen LogP contribution in [0.2, 0.25) is 0 Å². The largest absolute Gasteiger partial charge is 0.524 e. The lowest BCUT2D eigenvalue weighted by molar-refractivity contribution is 0.282. The molecule has 0 aliphatic rings. The molecule has 0 atom stereocenters. The molecule has 0 fully saturated rings. The minimum absolute atomic E-state index is 0.159. The van der Waals surface area contributed by atoms with Crippen LogP contribution >= 0.6 is 7.82 Å². The summed E-state index contributed by atoms with van der Waals surface area (Å²) in [5, 5.41) is 0. The monoisotopic (exact) mass is 230 g/mol. The Morgan fingerprint density at radius 2 is 1.93 bits per heavy atom. The zero-order valence-corrected chi connectivity index (χ0v) is 9.86. The van der Waals surface area contributed by atoms with Crippen molar-refractivity contribution in [2.45, 2.75) is 26.7 Å². The van der Waals surface area contributed by atoms with Gasteiger partial charge in [-0.25, -0.2) is 4.57 Å². The topological polar surface area (TPSA) is 66.8 Å². The molecule has 0 unspecified atom stereocenters. The van der Waals surface area contributed by atoms with E-state index in [2.05, 4.69) is 4.52 Å². The van der Waals surface area contributed by atoms with Gasteiger partial charge in [0.25, 0.3) is 0 Å². The van der Waals surface area contributed by atoms with Crippen LogP contribution in [0, 0.1) is 6.92 Å². The first kappa shape index (κ1) is 12.2. The smallest absolute Gasteiger partial charge is 0.404 e. The number of phosphoric ester groups is 1. The molecule has 0 saturated carbocycles. The van der Waals surface area contributed by atoms with Crippen molar-refractivity contribution < 1.29 is 18.9 Å². The molecule has 0 amide bonds. The Kier molecular flexibility index (Phi) is 3.55. The lowest BCUT2D eigenvalue weighted by atomic mass is 10.0. The average Bonchev–Trinajstić information content (AvgIpc) is 1.99. The van der Waals surface area contributed by atoms with Crippen LogP contribution in [0.3, 0.4) is 0 Å². The summed E-state index contributed by atoms with van der Waals surface area (Å²) in [5.74, 6) is 0.422. The highest BCUT2D eigenvalue weighted by molar-refractivity contribution is 7.46. The Balaban J connectivity index is 3.13. The molecular weight excluding hydrogens is 215 g/mol. The predicted octanol–water partition coefficient (Wildman–Crippen LogP) is 2.59. The molecule has 5 heteroatoms. The van der Waals surface area contributed by atoms with Gasteiger partial charge in [0.05, 0.1) is 0 Å². The summed E-state index contributed by atoms with van der Waals surface area (Å²) in [7, 11) is -4.47. The number of hydrogen-bond donors (Lipinski definition) is 2. The summed E-state index contributed by atoms with van der Waals surface area (Å²) in [6.45, 7) is 5.73. The van der Waals surface area contributed by atoms with Gasteiger partial charge in [-0.1, -0.05) is 26.0 Å². The lowest BCUT2D eigenvalue weighted by Gasteiger charge is -2.14. The number of aryl methyl sites for hydroxylation is 1. The number of phosphoric acid groups is 1. The summed E-state index contributed by atoms with van der Waals surface area (Å²) < 4.78 is 15.4. The molecular formula is C10H15O4P. The van der Waals surface area contributed by atoms with Crippen molar-refractivity contribution in [3.8, 4) is 5.75 Å². The van der Waals surface area contributed by atoms with Crippen molar-refractivity contribution in [2.24, 2.45) is 0 Å². The summed E-state index contributed by atoms with van der Waals surface area (Å²) in [5.41, 5.74) is 1.70. The SMILES string of the molecule is Cc1ccc(C(C)C)c(OP(=O)(O)O)c1. The zero-order chi connectivity index (χ0) is 11.6. The average molecular weight is 230 g/mol. The standard InChI is InChI=1S/C10H15O4P/c1-7(2)9-5-4-8(3)6-10(9)14-15(11,12)13/h4-7H,1-3H3,(H2,11,12,13). The maximum Gasteiger partial charge on any atom is 0.524 e. The van der Waals surface area contributed by atoms with Gasteiger partial charge in [0.1, 0.15) is 5.75 Å². The van der Waals surface area contributed by atoms with Gasteiger partial charge in [-0.05, 0) is 30.0 Å². The van der Waals surface area contributed by atoms with E-state index in [1.54, 1.807) is 6.07 Å². The van der Waals surface area contributed by atoms with Crippen LogP contribution in [0.1, 0.15) is 30.9 Å². The van der Waals surface area contributed by atoms with Gasteiger partial charge < -0.3 is 4.52 Å². The van der Waals surface area contributed by atoms with E-state index >= 15 is 0 Å². The fourth-order valence-corrected chi connectivity index (χ4v) is 1.74. The number of hydrogen-bond acceptors (Lipinski definition) is 2. The third kappa shape index (κ3) is 3.67. The van der Waals surface area contributed by atoms with Crippen LogP contribution in [0.5, 0.6) is 5.75 Å². The summed E-state index contributed by atoms with van der Waals surface area (Å²) in [6, 6.07) is 5.35. The zero-order valence-electron chi connectivity index (χ0n) is 8.97. The molecule has 15 heavy (non-hydrogen) atoms.